The van der Waals surface area contributed by atoms with E-state index in [1.54, 1.807) is 0 Å². The van der Waals surface area contributed by atoms with E-state index >= 15 is 0 Å². The molecule has 0 spiro atoms. The molecule has 10 heteroatoms. The van der Waals surface area contributed by atoms with Gasteiger partial charge in [0.05, 0.1) is 5.69 Å². The molecule has 20 heavy (non-hydrogen) atoms. The summed E-state index contributed by atoms with van der Waals surface area (Å²) in [6, 6.07) is 3.99. The van der Waals surface area contributed by atoms with Crippen molar-refractivity contribution in [1.82, 2.24) is 14.5 Å². The number of H-pyrrole nitrogens is 2. The van der Waals surface area contributed by atoms with Gasteiger partial charge in [-0.05, 0) is 24.3 Å². The van der Waals surface area contributed by atoms with Crippen LogP contribution in [0.2, 0.25) is 0 Å². The molecule has 0 amide bonds. The van der Waals surface area contributed by atoms with Crippen LogP contribution < -0.4 is 21.8 Å². The van der Waals surface area contributed by atoms with Crippen molar-refractivity contribution in [1.29, 1.82) is 0 Å². The standard InChI is InChI=1S/C10H6F3N3O4/c11-10(12,13)20-6-3-1-5(2-4-6)16-8(18)14-7(17)15-9(16)19/h1-4H,(H2,14,15,17,18,19). The van der Waals surface area contributed by atoms with Crippen molar-refractivity contribution < 1.29 is 17.9 Å². The monoisotopic (exact) mass is 289 g/mol. The van der Waals surface area contributed by atoms with Gasteiger partial charge in [0, 0.05) is 0 Å². The van der Waals surface area contributed by atoms with Crippen LogP contribution in [0.25, 0.3) is 5.69 Å². The van der Waals surface area contributed by atoms with Crippen molar-refractivity contribution in [3.63, 3.8) is 0 Å². The number of benzene rings is 1. The maximum Gasteiger partial charge on any atom is 0.573 e. The average molecular weight is 289 g/mol. The molecule has 0 aliphatic heterocycles. The van der Waals surface area contributed by atoms with Crippen LogP contribution in [0.3, 0.4) is 0 Å². The molecule has 0 fully saturated rings. The molecule has 2 rings (SSSR count). The lowest BCUT2D eigenvalue weighted by molar-refractivity contribution is -0.274. The molecule has 0 saturated carbocycles. The zero-order valence-electron chi connectivity index (χ0n) is 9.52. The van der Waals surface area contributed by atoms with Gasteiger partial charge in [0.1, 0.15) is 5.75 Å². The fourth-order valence-electron chi connectivity index (χ4n) is 1.46. The number of halogens is 3. The van der Waals surface area contributed by atoms with Crippen molar-refractivity contribution in [3.05, 3.63) is 55.7 Å². The highest BCUT2D eigenvalue weighted by atomic mass is 19.4. The van der Waals surface area contributed by atoms with E-state index in [2.05, 4.69) is 4.74 Å². The highest BCUT2D eigenvalue weighted by Gasteiger charge is 2.31. The SMILES string of the molecule is O=c1[nH]c(=O)n(-c2ccc(OC(F)(F)F)cc2)c(=O)[nH]1. The van der Waals surface area contributed by atoms with Gasteiger partial charge in [-0.3, -0.25) is 9.97 Å². The van der Waals surface area contributed by atoms with Crippen molar-refractivity contribution in [2.45, 2.75) is 6.36 Å². The van der Waals surface area contributed by atoms with Gasteiger partial charge in [-0.2, -0.15) is 0 Å². The predicted molar refractivity (Wildman–Crippen MR) is 60.0 cm³/mol. The summed E-state index contributed by atoms with van der Waals surface area (Å²) in [5.41, 5.74) is -3.03. The van der Waals surface area contributed by atoms with Gasteiger partial charge in [-0.15, -0.1) is 13.2 Å². The Morgan fingerprint density at radius 2 is 1.45 bits per heavy atom. The van der Waals surface area contributed by atoms with Crippen molar-refractivity contribution in [3.8, 4) is 11.4 Å². The minimum atomic E-state index is -4.84. The summed E-state index contributed by atoms with van der Waals surface area (Å²) in [5.74, 6) is -0.504. The van der Waals surface area contributed by atoms with Crippen LogP contribution in [-0.2, 0) is 0 Å². The Hall–Kier alpha value is -2.78. The highest BCUT2D eigenvalue weighted by molar-refractivity contribution is 5.36. The Labute approximate surface area is 107 Å². The lowest BCUT2D eigenvalue weighted by Crippen LogP contribution is -2.42. The second-order valence-electron chi connectivity index (χ2n) is 3.57. The summed E-state index contributed by atoms with van der Waals surface area (Å²) in [6.45, 7) is 0. The number of hydrogen-bond acceptors (Lipinski definition) is 4. The minimum Gasteiger partial charge on any atom is -0.406 e. The van der Waals surface area contributed by atoms with Crippen LogP contribution in [0.5, 0.6) is 5.75 Å². The molecule has 1 aromatic heterocycles. The molecule has 0 saturated heterocycles. The van der Waals surface area contributed by atoms with E-state index in [4.69, 9.17) is 0 Å². The molecule has 0 bridgehead atoms. The lowest BCUT2D eigenvalue weighted by Gasteiger charge is -2.09. The summed E-state index contributed by atoms with van der Waals surface area (Å²) in [5, 5.41) is 0. The molecule has 1 heterocycles. The number of alkyl halides is 3. The largest absolute Gasteiger partial charge is 0.573 e. The van der Waals surface area contributed by atoms with E-state index in [0.717, 1.165) is 24.3 Å². The van der Waals surface area contributed by atoms with Gasteiger partial charge in [0.2, 0.25) is 0 Å². The summed E-state index contributed by atoms with van der Waals surface area (Å²) >= 11 is 0. The summed E-state index contributed by atoms with van der Waals surface area (Å²) in [6.07, 6.45) is -4.84. The fourth-order valence-corrected chi connectivity index (χ4v) is 1.46. The third-order valence-corrected chi connectivity index (χ3v) is 2.18. The molecule has 0 aliphatic carbocycles. The Balaban J connectivity index is 2.44. The summed E-state index contributed by atoms with van der Waals surface area (Å²) in [4.78, 5) is 37.4. The van der Waals surface area contributed by atoms with Crippen LogP contribution in [0, 0.1) is 0 Å². The predicted octanol–water partition coefficient (Wildman–Crippen LogP) is 0.113. The van der Waals surface area contributed by atoms with E-state index in [0.29, 0.717) is 4.57 Å². The van der Waals surface area contributed by atoms with Crippen LogP contribution in [0.15, 0.2) is 38.6 Å². The first-order valence-electron chi connectivity index (χ1n) is 5.08. The van der Waals surface area contributed by atoms with Gasteiger partial charge < -0.3 is 4.74 Å². The number of nitrogens with zero attached hydrogens (tertiary/aromatic N) is 1. The second-order valence-corrected chi connectivity index (χ2v) is 3.57. The molecule has 0 atom stereocenters. The molecule has 2 N–H and O–H groups in total. The van der Waals surface area contributed by atoms with Gasteiger partial charge in [-0.1, -0.05) is 0 Å². The molecule has 0 unspecified atom stereocenters. The third kappa shape index (κ3) is 2.96. The van der Waals surface area contributed by atoms with Crippen molar-refractivity contribution >= 4 is 0 Å². The van der Waals surface area contributed by atoms with Crippen molar-refractivity contribution in [2.24, 2.45) is 0 Å². The van der Waals surface area contributed by atoms with Crippen LogP contribution >= 0.6 is 0 Å². The van der Waals surface area contributed by atoms with Gasteiger partial charge in [0.15, 0.2) is 0 Å². The Morgan fingerprint density at radius 1 is 0.950 bits per heavy atom. The normalized spacial score (nSPS) is 11.3. The topological polar surface area (TPSA) is 96.9 Å². The van der Waals surface area contributed by atoms with Crippen LogP contribution in [0.4, 0.5) is 13.2 Å². The first-order valence-corrected chi connectivity index (χ1v) is 5.08. The molecular formula is C10H6F3N3O4. The number of aromatic nitrogens is 3. The van der Waals surface area contributed by atoms with E-state index in [-0.39, 0.29) is 5.69 Å². The molecule has 7 nitrogen and oxygen atoms in total. The average Bonchev–Trinajstić information content (AvgIpc) is 2.28. The number of ether oxygens (including phenoxy) is 1. The maximum atomic E-state index is 12.0. The molecule has 0 radical (unpaired) electrons. The Morgan fingerprint density at radius 3 is 1.90 bits per heavy atom. The molecule has 106 valence electrons. The fraction of sp³-hybridized carbons (Fsp3) is 0.100. The quantitative estimate of drug-likeness (QED) is 0.820. The second kappa shape index (κ2) is 4.72. The lowest BCUT2D eigenvalue weighted by atomic mass is 10.3. The molecule has 0 aliphatic rings. The van der Waals surface area contributed by atoms with E-state index in [1.165, 1.54) is 0 Å². The zero-order valence-corrected chi connectivity index (χ0v) is 9.52. The van der Waals surface area contributed by atoms with Gasteiger partial charge in [-0.25, -0.2) is 19.0 Å². The van der Waals surface area contributed by atoms with E-state index < -0.39 is 29.2 Å². The smallest absolute Gasteiger partial charge is 0.406 e. The first kappa shape index (κ1) is 13.6. The minimum absolute atomic E-state index is 0.0259. The number of nitrogens with one attached hydrogen (secondary N) is 2. The number of rotatable bonds is 2. The maximum absolute atomic E-state index is 12.0. The summed E-state index contributed by atoms with van der Waals surface area (Å²) < 4.78 is 40.1. The van der Waals surface area contributed by atoms with E-state index in [9.17, 15) is 27.6 Å². The van der Waals surface area contributed by atoms with E-state index in [1.807, 2.05) is 9.97 Å². The number of aromatic amines is 2. The zero-order chi connectivity index (χ0) is 14.9. The summed E-state index contributed by atoms with van der Waals surface area (Å²) in [7, 11) is 0. The Kier molecular flexibility index (Phi) is 3.22. The third-order valence-electron chi connectivity index (χ3n) is 2.18. The van der Waals surface area contributed by atoms with Gasteiger partial charge in [0.25, 0.3) is 0 Å². The number of hydrogen-bond donors (Lipinski definition) is 2. The molecule has 1 aromatic carbocycles. The highest BCUT2D eigenvalue weighted by Crippen LogP contribution is 2.22. The molecule has 2 aromatic rings. The van der Waals surface area contributed by atoms with Crippen molar-refractivity contribution in [2.75, 3.05) is 0 Å². The first-order chi connectivity index (χ1) is 9.26. The Bertz CT molecular complexity index is 751. The van der Waals surface area contributed by atoms with Gasteiger partial charge >= 0.3 is 23.4 Å². The van der Waals surface area contributed by atoms with Crippen LogP contribution in [-0.4, -0.2) is 20.9 Å². The molecular weight excluding hydrogens is 283 g/mol. The van der Waals surface area contributed by atoms with Crippen LogP contribution in [0.1, 0.15) is 0 Å².